The highest BCUT2D eigenvalue weighted by Crippen LogP contribution is 2.34. The van der Waals surface area contributed by atoms with E-state index in [0.29, 0.717) is 23.9 Å². The fraction of sp³-hybridized carbons (Fsp3) is 0.200. The van der Waals surface area contributed by atoms with E-state index in [1.54, 1.807) is 4.90 Å². The summed E-state index contributed by atoms with van der Waals surface area (Å²) in [6.45, 7) is 2.02. The molecule has 2 aromatic rings. The molecule has 20 heavy (non-hydrogen) atoms. The van der Waals surface area contributed by atoms with Crippen molar-refractivity contribution in [1.82, 2.24) is 5.16 Å². The van der Waals surface area contributed by atoms with Crippen LogP contribution >= 0.6 is 11.6 Å². The van der Waals surface area contributed by atoms with Crippen LogP contribution in [0.4, 0.5) is 5.88 Å². The van der Waals surface area contributed by atoms with Crippen LogP contribution < -0.4 is 4.90 Å². The fourth-order valence-electron chi connectivity index (χ4n) is 2.29. The number of rotatable bonds is 1. The van der Waals surface area contributed by atoms with Crippen molar-refractivity contribution in [3.63, 3.8) is 0 Å². The molecule has 0 fully saturated rings. The molecule has 1 amide bonds. The first kappa shape index (κ1) is 12.9. The van der Waals surface area contributed by atoms with Crippen LogP contribution in [0, 0.1) is 0 Å². The second-order valence-corrected chi connectivity index (χ2v) is 5.07. The highest BCUT2D eigenvalue weighted by molar-refractivity contribution is 6.30. The van der Waals surface area contributed by atoms with Crippen LogP contribution in [-0.2, 0) is 11.2 Å². The third kappa shape index (κ3) is 2.23. The number of carbonyl (C=O) groups is 1. The lowest BCUT2D eigenvalue weighted by Gasteiger charge is -2.14. The molecule has 3 rings (SSSR count). The van der Waals surface area contributed by atoms with Crippen molar-refractivity contribution in [2.24, 2.45) is 0 Å². The van der Waals surface area contributed by atoms with Crippen LogP contribution in [0.25, 0.3) is 11.3 Å². The maximum absolute atomic E-state index is 11.7. The molecule has 0 spiro atoms. The first-order valence-corrected chi connectivity index (χ1v) is 6.72. The second-order valence-electron chi connectivity index (χ2n) is 4.63. The number of nitrogens with zero attached hydrogens (tertiary/aromatic N) is 2. The Hall–Kier alpha value is -2.07. The number of amides is 1. The van der Waals surface area contributed by atoms with Gasteiger partial charge in [-0.05, 0) is 18.6 Å². The number of anilines is 1. The molecular weight excluding hydrogens is 276 g/mol. The van der Waals surface area contributed by atoms with Crippen LogP contribution in [0.15, 0.2) is 40.9 Å². The molecule has 1 aliphatic rings. The van der Waals surface area contributed by atoms with Gasteiger partial charge >= 0.3 is 0 Å². The average molecular weight is 289 g/mol. The van der Waals surface area contributed by atoms with Crippen LogP contribution in [0.1, 0.15) is 12.5 Å². The minimum absolute atomic E-state index is 0.0633. The van der Waals surface area contributed by atoms with Crippen LogP contribution in [0.3, 0.4) is 0 Å². The van der Waals surface area contributed by atoms with Gasteiger partial charge in [0.15, 0.2) is 0 Å². The molecule has 5 heteroatoms. The number of aromatic nitrogens is 1. The summed E-state index contributed by atoms with van der Waals surface area (Å²) in [4.78, 5) is 13.3. The number of benzene rings is 1. The van der Waals surface area contributed by atoms with E-state index in [0.717, 1.165) is 16.8 Å². The molecule has 1 aromatic carbocycles. The van der Waals surface area contributed by atoms with Crippen molar-refractivity contribution < 1.29 is 9.32 Å². The van der Waals surface area contributed by atoms with Gasteiger partial charge in [0.2, 0.25) is 11.8 Å². The lowest BCUT2D eigenvalue weighted by molar-refractivity contribution is -0.116. The Labute approximate surface area is 121 Å². The van der Waals surface area contributed by atoms with Gasteiger partial charge in [0.25, 0.3) is 0 Å². The molecule has 0 atom stereocenters. The molecule has 0 bridgehead atoms. The van der Waals surface area contributed by atoms with E-state index in [1.807, 2.05) is 36.4 Å². The summed E-state index contributed by atoms with van der Waals surface area (Å²) in [5.41, 5.74) is 2.54. The molecule has 2 heterocycles. The number of halogens is 1. The zero-order chi connectivity index (χ0) is 14.1. The molecule has 4 nitrogen and oxygen atoms in total. The zero-order valence-corrected chi connectivity index (χ0v) is 11.7. The number of hydrogen-bond donors (Lipinski definition) is 0. The Kier molecular flexibility index (Phi) is 3.32. The maximum Gasteiger partial charge on any atom is 0.238 e. The summed E-state index contributed by atoms with van der Waals surface area (Å²) in [5.74, 6) is 0.462. The topological polar surface area (TPSA) is 46.3 Å². The van der Waals surface area contributed by atoms with Crippen LogP contribution in [-0.4, -0.2) is 17.6 Å². The Bertz CT molecular complexity index is 691. The van der Waals surface area contributed by atoms with E-state index in [2.05, 4.69) is 5.16 Å². The fourth-order valence-corrected chi connectivity index (χ4v) is 2.49. The molecule has 1 aromatic heterocycles. The lowest BCUT2D eigenvalue weighted by atomic mass is 10.1. The molecule has 0 radical (unpaired) electrons. The largest absolute Gasteiger partial charge is 0.337 e. The highest BCUT2D eigenvalue weighted by atomic mass is 35.5. The van der Waals surface area contributed by atoms with Gasteiger partial charge < -0.3 is 4.52 Å². The Morgan fingerprint density at radius 2 is 2.25 bits per heavy atom. The van der Waals surface area contributed by atoms with E-state index in [4.69, 9.17) is 16.1 Å². The van der Waals surface area contributed by atoms with Crippen molar-refractivity contribution in [1.29, 1.82) is 0 Å². The van der Waals surface area contributed by atoms with Gasteiger partial charge in [-0.1, -0.05) is 41.0 Å². The van der Waals surface area contributed by atoms with Gasteiger partial charge in [-0.25, -0.2) is 0 Å². The highest BCUT2D eigenvalue weighted by Gasteiger charge is 2.25. The van der Waals surface area contributed by atoms with E-state index in [1.165, 1.54) is 6.92 Å². The predicted octanol–water partition coefficient (Wildman–Crippen LogP) is 3.46. The van der Waals surface area contributed by atoms with Gasteiger partial charge in [0, 0.05) is 29.6 Å². The van der Waals surface area contributed by atoms with Crippen molar-refractivity contribution >= 4 is 23.4 Å². The van der Waals surface area contributed by atoms with E-state index < -0.39 is 0 Å². The van der Waals surface area contributed by atoms with Gasteiger partial charge in [-0.3, -0.25) is 9.69 Å². The zero-order valence-electron chi connectivity index (χ0n) is 11.0. The third-order valence-electron chi connectivity index (χ3n) is 3.27. The quantitative estimate of drug-likeness (QED) is 0.755. The molecule has 0 N–H and O–H groups in total. The summed E-state index contributed by atoms with van der Waals surface area (Å²) in [5, 5.41) is 4.77. The normalized spacial score (nSPS) is 14.0. The van der Waals surface area contributed by atoms with E-state index in [-0.39, 0.29) is 5.91 Å². The van der Waals surface area contributed by atoms with E-state index >= 15 is 0 Å². The number of carbonyl (C=O) groups excluding carboxylic acids is 1. The molecule has 1 aliphatic heterocycles. The average Bonchev–Trinajstić information content (AvgIpc) is 2.71. The Morgan fingerprint density at radius 3 is 3.00 bits per heavy atom. The molecule has 0 saturated carbocycles. The molecule has 0 saturated heterocycles. The Balaban J connectivity index is 2.12. The first-order chi connectivity index (χ1) is 9.66. The van der Waals surface area contributed by atoms with Crippen molar-refractivity contribution in [3.8, 4) is 11.3 Å². The number of fused-ring (bicyclic) bond motifs is 1. The van der Waals surface area contributed by atoms with Crippen molar-refractivity contribution in [2.45, 2.75) is 13.3 Å². The lowest BCUT2D eigenvalue weighted by Crippen LogP contribution is -2.28. The van der Waals surface area contributed by atoms with Crippen LogP contribution in [0.5, 0.6) is 0 Å². The minimum Gasteiger partial charge on any atom is -0.337 e. The minimum atomic E-state index is -0.0633. The second kappa shape index (κ2) is 5.13. The van der Waals surface area contributed by atoms with Crippen molar-refractivity contribution in [3.05, 3.63) is 47.0 Å². The molecule has 102 valence electrons. The Morgan fingerprint density at radius 1 is 1.40 bits per heavy atom. The predicted molar refractivity (Wildman–Crippen MR) is 77.8 cm³/mol. The number of allylic oxidation sites excluding steroid dienone is 1. The summed E-state index contributed by atoms with van der Waals surface area (Å²) in [6.07, 6.45) is 4.66. The van der Waals surface area contributed by atoms with Crippen LogP contribution in [0.2, 0.25) is 5.02 Å². The number of hydrogen-bond acceptors (Lipinski definition) is 3. The van der Waals surface area contributed by atoms with Crippen molar-refractivity contribution in [2.75, 3.05) is 11.4 Å². The first-order valence-electron chi connectivity index (χ1n) is 6.34. The third-order valence-corrected chi connectivity index (χ3v) is 3.50. The van der Waals surface area contributed by atoms with Gasteiger partial charge in [-0.2, -0.15) is 0 Å². The molecule has 0 aliphatic carbocycles. The summed E-state index contributed by atoms with van der Waals surface area (Å²) in [7, 11) is 0. The standard InChI is InChI=1S/C15H13ClN2O2/c1-10(19)18-8-3-2-7-13-14(17-20-15(13)18)11-5-4-6-12(16)9-11/h2-6,9H,7-8H2,1H3. The van der Waals surface area contributed by atoms with Gasteiger partial charge in [0.1, 0.15) is 5.69 Å². The monoisotopic (exact) mass is 288 g/mol. The maximum atomic E-state index is 11.7. The molecule has 0 unspecified atom stereocenters. The van der Waals surface area contributed by atoms with E-state index in [9.17, 15) is 4.79 Å². The summed E-state index contributed by atoms with van der Waals surface area (Å²) in [6, 6.07) is 7.45. The summed E-state index contributed by atoms with van der Waals surface area (Å²) >= 11 is 6.02. The van der Waals surface area contributed by atoms with Gasteiger partial charge in [0.05, 0.1) is 0 Å². The molecular formula is C15H13ClN2O2. The smallest absolute Gasteiger partial charge is 0.238 e. The summed E-state index contributed by atoms with van der Waals surface area (Å²) < 4.78 is 5.41. The van der Waals surface area contributed by atoms with Gasteiger partial charge in [-0.15, -0.1) is 0 Å². The SMILES string of the molecule is CC(=O)N1CC=CCc2c(-c3cccc(Cl)c3)noc21.